The number of hydrogen-bond acceptors (Lipinski definition) is 4. The maximum absolute atomic E-state index is 13.8. The topological polar surface area (TPSA) is 47.4 Å². The first-order chi connectivity index (χ1) is 15.7. The van der Waals surface area contributed by atoms with Crippen LogP contribution in [0, 0.1) is 0 Å². The highest BCUT2D eigenvalue weighted by Crippen LogP contribution is 2.39. The van der Waals surface area contributed by atoms with Gasteiger partial charge in [0, 0.05) is 37.7 Å². The number of carbonyl (C=O) groups excluding carboxylic acids is 1. The molecule has 5 nitrogen and oxygen atoms in total. The van der Waals surface area contributed by atoms with Crippen LogP contribution in [0.5, 0.6) is 0 Å². The number of nitrogens with zero attached hydrogens (tertiary/aromatic N) is 3. The second-order valence-electron chi connectivity index (χ2n) is 8.52. The molecule has 0 radical (unpaired) electrons. The summed E-state index contributed by atoms with van der Waals surface area (Å²) in [5.41, 5.74) is 7.10. The molecule has 0 bridgehead atoms. The van der Waals surface area contributed by atoms with Gasteiger partial charge in [-0.05, 0) is 30.4 Å². The summed E-state index contributed by atoms with van der Waals surface area (Å²) in [6.45, 7) is 3.84. The summed E-state index contributed by atoms with van der Waals surface area (Å²) in [6.07, 6.45) is 3.77. The normalized spacial score (nSPS) is 17.1. The maximum atomic E-state index is 13.8. The van der Waals surface area contributed by atoms with Gasteiger partial charge in [-0.15, -0.1) is 0 Å². The average Bonchev–Trinajstić information content (AvgIpc) is 3.25. The summed E-state index contributed by atoms with van der Waals surface area (Å²) >= 11 is 0. The van der Waals surface area contributed by atoms with E-state index in [1.165, 1.54) is 5.57 Å². The van der Waals surface area contributed by atoms with Gasteiger partial charge in [0.15, 0.2) is 0 Å². The van der Waals surface area contributed by atoms with Crippen molar-refractivity contribution in [3.8, 4) is 22.4 Å². The zero-order valence-electron chi connectivity index (χ0n) is 18.8. The lowest BCUT2D eigenvalue weighted by atomic mass is 9.92. The number of allylic oxidation sites excluding steroid dienone is 2. The van der Waals surface area contributed by atoms with Crippen molar-refractivity contribution in [3.05, 3.63) is 77.6 Å². The van der Waals surface area contributed by atoms with Crippen molar-refractivity contribution in [2.75, 3.05) is 20.2 Å². The highest BCUT2D eigenvalue weighted by atomic mass is 16.5. The van der Waals surface area contributed by atoms with Crippen molar-refractivity contribution in [2.45, 2.75) is 38.7 Å². The number of methoxy groups -OCH3 is 1. The van der Waals surface area contributed by atoms with Gasteiger partial charge < -0.3 is 9.64 Å². The van der Waals surface area contributed by atoms with E-state index in [-0.39, 0.29) is 12.0 Å². The molecule has 0 N–H and O–H groups in total. The fourth-order valence-corrected chi connectivity index (χ4v) is 4.99. The number of likely N-dealkylation sites (tertiary alicyclic amines) is 1. The van der Waals surface area contributed by atoms with Gasteiger partial charge in [-0.1, -0.05) is 67.6 Å². The third kappa shape index (κ3) is 3.56. The van der Waals surface area contributed by atoms with Gasteiger partial charge in [0.25, 0.3) is 5.91 Å². The third-order valence-electron chi connectivity index (χ3n) is 6.72. The molecule has 0 saturated carbocycles. The van der Waals surface area contributed by atoms with E-state index in [4.69, 9.17) is 9.84 Å². The SMILES string of the molecule is CCC1=C(N2CCC(OC)CC2)C(=O)n2nc(-c3ccccc3)c(-c3ccccc3)c2C1. The first-order valence-corrected chi connectivity index (χ1v) is 11.5. The van der Waals surface area contributed by atoms with E-state index in [1.54, 1.807) is 11.8 Å². The second-order valence-corrected chi connectivity index (χ2v) is 8.52. The first-order valence-electron chi connectivity index (χ1n) is 11.5. The molecule has 2 aliphatic heterocycles. The summed E-state index contributed by atoms with van der Waals surface area (Å²) in [5.74, 6) is -0.00155. The Labute approximate surface area is 189 Å². The number of rotatable bonds is 5. The molecule has 1 saturated heterocycles. The molecular formula is C27H29N3O2. The summed E-state index contributed by atoms with van der Waals surface area (Å²) in [5, 5.41) is 4.90. The van der Waals surface area contributed by atoms with Crippen LogP contribution in [0.3, 0.4) is 0 Å². The van der Waals surface area contributed by atoms with Crippen LogP contribution in [0.4, 0.5) is 0 Å². The lowest BCUT2D eigenvalue weighted by Gasteiger charge is -2.36. The number of hydrogen-bond donors (Lipinski definition) is 0. The fourth-order valence-electron chi connectivity index (χ4n) is 4.99. The number of carbonyl (C=O) groups is 1. The Morgan fingerprint density at radius 3 is 2.19 bits per heavy atom. The molecule has 1 fully saturated rings. The molecule has 0 spiro atoms. The van der Waals surface area contributed by atoms with Gasteiger partial charge >= 0.3 is 0 Å². The van der Waals surface area contributed by atoms with Crippen molar-refractivity contribution in [3.63, 3.8) is 0 Å². The number of aromatic nitrogens is 2. The van der Waals surface area contributed by atoms with E-state index in [9.17, 15) is 4.79 Å². The van der Waals surface area contributed by atoms with Crippen LogP contribution in [-0.4, -0.2) is 46.9 Å². The number of piperidine rings is 1. The van der Waals surface area contributed by atoms with Gasteiger partial charge in [0.05, 0.1) is 11.8 Å². The predicted molar refractivity (Wildman–Crippen MR) is 126 cm³/mol. The minimum absolute atomic E-state index is 0.00155. The van der Waals surface area contributed by atoms with Crippen molar-refractivity contribution in [1.82, 2.24) is 14.7 Å². The summed E-state index contributed by atoms with van der Waals surface area (Å²) in [7, 11) is 1.77. The van der Waals surface area contributed by atoms with E-state index in [2.05, 4.69) is 36.1 Å². The van der Waals surface area contributed by atoms with E-state index in [1.807, 2.05) is 36.4 Å². The minimum atomic E-state index is -0.00155. The number of fused-ring (bicyclic) bond motifs is 1. The zero-order valence-corrected chi connectivity index (χ0v) is 18.8. The Morgan fingerprint density at radius 1 is 0.969 bits per heavy atom. The molecule has 2 aliphatic rings. The molecule has 164 valence electrons. The highest BCUT2D eigenvalue weighted by Gasteiger charge is 2.35. The summed E-state index contributed by atoms with van der Waals surface area (Å²) in [6, 6.07) is 20.5. The summed E-state index contributed by atoms with van der Waals surface area (Å²) in [4.78, 5) is 16.1. The maximum Gasteiger partial charge on any atom is 0.294 e. The van der Waals surface area contributed by atoms with E-state index in [0.717, 1.165) is 72.5 Å². The Balaban J connectivity index is 1.62. The highest BCUT2D eigenvalue weighted by molar-refractivity contribution is 5.99. The smallest absolute Gasteiger partial charge is 0.294 e. The zero-order chi connectivity index (χ0) is 22.1. The van der Waals surface area contributed by atoms with Gasteiger partial charge in [0.1, 0.15) is 11.4 Å². The summed E-state index contributed by atoms with van der Waals surface area (Å²) < 4.78 is 7.20. The van der Waals surface area contributed by atoms with Crippen LogP contribution in [0.25, 0.3) is 22.4 Å². The van der Waals surface area contributed by atoms with E-state index in [0.29, 0.717) is 0 Å². The van der Waals surface area contributed by atoms with Crippen LogP contribution < -0.4 is 0 Å². The molecule has 32 heavy (non-hydrogen) atoms. The Hall–Kier alpha value is -3.18. The second kappa shape index (κ2) is 8.75. The molecule has 0 unspecified atom stereocenters. The van der Waals surface area contributed by atoms with Crippen LogP contribution in [0.15, 0.2) is 71.9 Å². The Bertz CT molecular complexity index is 1140. The van der Waals surface area contributed by atoms with Crippen molar-refractivity contribution in [2.24, 2.45) is 0 Å². The van der Waals surface area contributed by atoms with Crippen molar-refractivity contribution < 1.29 is 9.53 Å². The van der Waals surface area contributed by atoms with Gasteiger partial charge in [-0.25, -0.2) is 0 Å². The molecule has 2 aromatic carbocycles. The minimum Gasteiger partial charge on any atom is -0.381 e. The van der Waals surface area contributed by atoms with Crippen LogP contribution in [0.1, 0.15) is 36.7 Å². The molecule has 0 amide bonds. The fraction of sp³-hybridized carbons (Fsp3) is 0.333. The third-order valence-corrected chi connectivity index (χ3v) is 6.72. The average molecular weight is 428 g/mol. The van der Waals surface area contributed by atoms with E-state index >= 15 is 0 Å². The predicted octanol–water partition coefficient (Wildman–Crippen LogP) is 5.19. The van der Waals surface area contributed by atoms with Crippen molar-refractivity contribution in [1.29, 1.82) is 0 Å². The van der Waals surface area contributed by atoms with Gasteiger partial charge in [0.2, 0.25) is 0 Å². The van der Waals surface area contributed by atoms with Gasteiger partial charge in [-0.3, -0.25) is 4.79 Å². The molecule has 0 aliphatic carbocycles. The molecule has 1 aromatic heterocycles. The molecule has 5 rings (SSSR count). The lowest BCUT2D eigenvalue weighted by Crippen LogP contribution is -2.42. The number of benzene rings is 2. The van der Waals surface area contributed by atoms with Crippen LogP contribution in [0.2, 0.25) is 0 Å². The molecule has 3 aromatic rings. The van der Waals surface area contributed by atoms with Gasteiger partial charge in [-0.2, -0.15) is 9.78 Å². The Kier molecular flexibility index (Phi) is 5.66. The molecule has 0 atom stereocenters. The van der Waals surface area contributed by atoms with Crippen molar-refractivity contribution >= 4 is 5.91 Å². The lowest BCUT2D eigenvalue weighted by molar-refractivity contribution is 0.0465. The molecular weight excluding hydrogens is 398 g/mol. The van der Waals surface area contributed by atoms with Crippen LogP contribution in [-0.2, 0) is 11.2 Å². The van der Waals surface area contributed by atoms with E-state index < -0.39 is 0 Å². The number of ether oxygens (including phenoxy) is 1. The first kappa shape index (κ1) is 20.7. The largest absolute Gasteiger partial charge is 0.381 e. The monoisotopic (exact) mass is 427 g/mol. The standard InChI is InChI=1S/C27H29N3O2/c1-3-19-18-23-24(20-10-6-4-7-11-20)25(21-12-8-5-9-13-21)28-30(23)27(31)26(19)29-16-14-22(32-2)15-17-29/h4-13,22H,3,14-18H2,1-2H3. The quantitative estimate of drug-likeness (QED) is 0.562. The van der Waals surface area contributed by atoms with Crippen LogP contribution >= 0.6 is 0 Å². The Morgan fingerprint density at radius 2 is 1.59 bits per heavy atom. The molecule has 5 heteroatoms. The molecule has 3 heterocycles.